The lowest BCUT2D eigenvalue weighted by Gasteiger charge is -2.22. The Hall–Kier alpha value is -3.22. The normalized spacial score (nSPS) is 11.3. The number of benzene rings is 1. The fraction of sp³-hybridized carbons (Fsp3) is 0.440. The quantitative estimate of drug-likeness (QED) is 0.205. The number of H-pyrrole nitrogens is 1. The van der Waals surface area contributed by atoms with Crippen molar-refractivity contribution in [2.75, 3.05) is 23.4 Å². The van der Waals surface area contributed by atoms with E-state index in [1.54, 1.807) is 6.21 Å². The van der Waals surface area contributed by atoms with Crippen LogP contribution in [0.3, 0.4) is 0 Å². The van der Waals surface area contributed by atoms with Gasteiger partial charge in [0, 0.05) is 42.2 Å². The summed E-state index contributed by atoms with van der Waals surface area (Å²) in [7, 11) is 0. The number of nitrogens with zero attached hydrogens (tertiary/aromatic N) is 5. The summed E-state index contributed by atoms with van der Waals surface area (Å²) in [5.74, 6) is 1.96. The number of aromatic amines is 1. The summed E-state index contributed by atoms with van der Waals surface area (Å²) in [5.41, 5.74) is 6.36. The standard InChI is InChI=1S/C25H35N7/c1-5-10-19(4)13-14-23-28-24(30-25(29-23)32(15-6-2)16-7-3)31-27-18-20-17-26-22-12-9-8-11-21(20)22/h8-9,11-12,17-18,26H,4-7,10,13-16H2,1-3H3,(H,28,29,30,31)/b27-18+. The van der Waals surface area contributed by atoms with E-state index in [0.717, 1.165) is 73.9 Å². The first-order chi connectivity index (χ1) is 15.6. The van der Waals surface area contributed by atoms with Gasteiger partial charge in [-0.25, -0.2) is 5.43 Å². The zero-order chi connectivity index (χ0) is 22.8. The van der Waals surface area contributed by atoms with Crippen LogP contribution in [0, 0.1) is 0 Å². The van der Waals surface area contributed by atoms with E-state index in [-0.39, 0.29) is 0 Å². The highest BCUT2D eigenvalue weighted by Crippen LogP contribution is 2.17. The van der Waals surface area contributed by atoms with Crippen LogP contribution in [-0.2, 0) is 6.42 Å². The Labute approximate surface area is 191 Å². The number of nitrogens with one attached hydrogen (secondary N) is 2. The minimum Gasteiger partial charge on any atom is -0.361 e. The third-order valence-electron chi connectivity index (χ3n) is 5.23. The van der Waals surface area contributed by atoms with E-state index in [4.69, 9.17) is 4.98 Å². The van der Waals surface area contributed by atoms with Crippen LogP contribution in [-0.4, -0.2) is 39.2 Å². The molecule has 0 saturated carbocycles. The molecule has 7 nitrogen and oxygen atoms in total. The zero-order valence-electron chi connectivity index (χ0n) is 19.6. The van der Waals surface area contributed by atoms with Crippen molar-refractivity contribution in [1.29, 1.82) is 0 Å². The Morgan fingerprint density at radius 1 is 1.06 bits per heavy atom. The van der Waals surface area contributed by atoms with Gasteiger partial charge in [-0.3, -0.25) is 0 Å². The second-order valence-electron chi connectivity index (χ2n) is 8.02. The Kier molecular flexibility index (Phi) is 8.78. The average molecular weight is 434 g/mol. The van der Waals surface area contributed by atoms with Crippen molar-refractivity contribution in [2.24, 2.45) is 5.10 Å². The van der Waals surface area contributed by atoms with Gasteiger partial charge < -0.3 is 9.88 Å². The van der Waals surface area contributed by atoms with Gasteiger partial charge in [0.2, 0.25) is 11.9 Å². The number of aryl methyl sites for hydroxylation is 1. The summed E-state index contributed by atoms with van der Waals surface area (Å²) in [6.07, 6.45) is 9.60. The van der Waals surface area contributed by atoms with E-state index >= 15 is 0 Å². The summed E-state index contributed by atoms with van der Waals surface area (Å²) >= 11 is 0. The maximum absolute atomic E-state index is 4.77. The predicted molar refractivity (Wildman–Crippen MR) is 135 cm³/mol. The van der Waals surface area contributed by atoms with Gasteiger partial charge in [-0.05, 0) is 31.7 Å². The molecule has 2 aromatic heterocycles. The molecule has 170 valence electrons. The summed E-state index contributed by atoms with van der Waals surface area (Å²) < 4.78 is 0. The van der Waals surface area contributed by atoms with Gasteiger partial charge in [-0.15, -0.1) is 0 Å². The number of hydrogen-bond donors (Lipinski definition) is 2. The molecule has 0 atom stereocenters. The Bertz CT molecular complexity index is 1030. The van der Waals surface area contributed by atoms with Gasteiger partial charge >= 0.3 is 0 Å². The molecule has 0 saturated heterocycles. The monoisotopic (exact) mass is 433 g/mol. The number of anilines is 2. The number of fused-ring (bicyclic) bond motifs is 1. The molecule has 2 N–H and O–H groups in total. The molecule has 0 aliphatic carbocycles. The highest BCUT2D eigenvalue weighted by atomic mass is 15.4. The molecule has 2 heterocycles. The molecule has 3 rings (SSSR count). The fourth-order valence-electron chi connectivity index (χ4n) is 3.69. The lowest BCUT2D eigenvalue weighted by Crippen LogP contribution is -2.28. The van der Waals surface area contributed by atoms with E-state index in [9.17, 15) is 0 Å². The van der Waals surface area contributed by atoms with Gasteiger partial charge in [-0.1, -0.05) is 57.5 Å². The lowest BCUT2D eigenvalue weighted by molar-refractivity contribution is 0.705. The van der Waals surface area contributed by atoms with Crippen molar-refractivity contribution < 1.29 is 0 Å². The number of aromatic nitrogens is 4. The molecule has 0 aliphatic rings. The third kappa shape index (κ3) is 6.39. The molecule has 0 unspecified atom stereocenters. The van der Waals surface area contributed by atoms with Gasteiger partial charge in [0.05, 0.1) is 6.21 Å². The third-order valence-corrected chi connectivity index (χ3v) is 5.23. The van der Waals surface area contributed by atoms with Crippen LogP contribution in [0.1, 0.15) is 64.3 Å². The topological polar surface area (TPSA) is 82.1 Å². The second kappa shape index (κ2) is 12.0. The number of allylic oxidation sites excluding steroid dienone is 1. The fourth-order valence-corrected chi connectivity index (χ4v) is 3.69. The van der Waals surface area contributed by atoms with Crippen molar-refractivity contribution in [1.82, 2.24) is 19.9 Å². The smallest absolute Gasteiger partial charge is 0.248 e. The van der Waals surface area contributed by atoms with Gasteiger partial charge in [0.1, 0.15) is 5.82 Å². The molecule has 0 radical (unpaired) electrons. The maximum Gasteiger partial charge on any atom is 0.248 e. The van der Waals surface area contributed by atoms with Crippen LogP contribution < -0.4 is 10.3 Å². The van der Waals surface area contributed by atoms with E-state index in [0.29, 0.717) is 11.9 Å². The number of para-hydroxylation sites is 1. The number of rotatable bonds is 13. The maximum atomic E-state index is 4.77. The highest BCUT2D eigenvalue weighted by molar-refractivity contribution is 5.99. The minimum absolute atomic E-state index is 0.472. The molecule has 1 aromatic carbocycles. The van der Waals surface area contributed by atoms with Crippen molar-refractivity contribution in [2.45, 2.75) is 59.3 Å². The Balaban J connectivity index is 1.81. The first-order valence-corrected chi connectivity index (χ1v) is 11.7. The first-order valence-electron chi connectivity index (χ1n) is 11.7. The van der Waals surface area contributed by atoms with Gasteiger partial charge in [0.25, 0.3) is 0 Å². The SMILES string of the molecule is C=C(CCC)CCc1nc(N/N=C/c2c[nH]c3ccccc23)nc(N(CCC)CCC)n1. The van der Waals surface area contributed by atoms with Crippen LogP contribution in [0.2, 0.25) is 0 Å². The average Bonchev–Trinajstić information content (AvgIpc) is 3.21. The first kappa shape index (κ1) is 23.4. The van der Waals surface area contributed by atoms with Crippen LogP contribution in [0.25, 0.3) is 10.9 Å². The molecular weight excluding hydrogens is 398 g/mol. The highest BCUT2D eigenvalue weighted by Gasteiger charge is 2.13. The van der Waals surface area contributed by atoms with Crippen LogP contribution in [0.5, 0.6) is 0 Å². The second-order valence-corrected chi connectivity index (χ2v) is 8.02. The predicted octanol–water partition coefficient (Wildman–Crippen LogP) is 5.71. The summed E-state index contributed by atoms with van der Waals surface area (Å²) in [5, 5.41) is 5.54. The molecule has 3 aromatic rings. The van der Waals surface area contributed by atoms with Gasteiger partial charge in [-0.2, -0.15) is 20.1 Å². The van der Waals surface area contributed by atoms with Crippen molar-refractivity contribution in [3.8, 4) is 0 Å². The molecule has 0 spiro atoms. The van der Waals surface area contributed by atoms with Crippen LogP contribution >= 0.6 is 0 Å². The summed E-state index contributed by atoms with van der Waals surface area (Å²) in [6, 6.07) is 8.16. The van der Waals surface area contributed by atoms with Crippen molar-refractivity contribution in [3.63, 3.8) is 0 Å². The molecule has 0 fully saturated rings. The number of hydrazone groups is 1. The van der Waals surface area contributed by atoms with E-state index in [1.165, 1.54) is 5.57 Å². The van der Waals surface area contributed by atoms with Crippen LogP contribution in [0.15, 0.2) is 47.7 Å². The molecule has 0 aliphatic heterocycles. The lowest BCUT2D eigenvalue weighted by atomic mass is 10.1. The molecular formula is C25H35N7. The Morgan fingerprint density at radius 2 is 1.84 bits per heavy atom. The zero-order valence-corrected chi connectivity index (χ0v) is 19.6. The number of hydrogen-bond acceptors (Lipinski definition) is 6. The van der Waals surface area contributed by atoms with E-state index < -0.39 is 0 Å². The van der Waals surface area contributed by atoms with Crippen molar-refractivity contribution in [3.05, 3.63) is 54.0 Å². The van der Waals surface area contributed by atoms with Crippen molar-refractivity contribution >= 4 is 29.0 Å². The molecule has 7 heteroatoms. The molecule has 32 heavy (non-hydrogen) atoms. The van der Waals surface area contributed by atoms with Gasteiger partial charge in [0.15, 0.2) is 0 Å². The largest absolute Gasteiger partial charge is 0.361 e. The summed E-state index contributed by atoms with van der Waals surface area (Å²) in [6.45, 7) is 12.5. The molecule has 0 amide bonds. The molecule has 0 bridgehead atoms. The van der Waals surface area contributed by atoms with E-state index in [1.807, 2.05) is 24.4 Å². The Morgan fingerprint density at radius 3 is 2.59 bits per heavy atom. The van der Waals surface area contributed by atoms with Crippen LogP contribution in [0.4, 0.5) is 11.9 Å². The summed E-state index contributed by atoms with van der Waals surface area (Å²) in [4.78, 5) is 19.5. The van der Waals surface area contributed by atoms with E-state index in [2.05, 4.69) is 63.8 Å². The minimum atomic E-state index is 0.472.